The van der Waals surface area contributed by atoms with Gasteiger partial charge in [0.2, 0.25) is 0 Å². The summed E-state index contributed by atoms with van der Waals surface area (Å²) in [5.41, 5.74) is 15.9. The molecule has 0 bridgehead atoms. The molecule has 0 aliphatic heterocycles. The number of rotatable bonds is 18. The SMILES string of the molecule is Cc1nn(-c2cccc(SOOO)c2)c(N)c1N=Nc1cccc(S(=O)(=O)Oc2ccc(C(C)(C)c3ccc(OS(=O)(=O)c4cccc(N=Nc5c(C)nn(-c6cccc(S(=O)(=O)O)c6)c5N)c4)cc3)cc2)c1. The van der Waals surface area contributed by atoms with E-state index in [1.807, 2.05) is 13.8 Å². The van der Waals surface area contributed by atoms with Gasteiger partial charge in [-0.25, -0.2) is 14.6 Å². The van der Waals surface area contributed by atoms with Crippen molar-refractivity contribution in [3.63, 3.8) is 0 Å². The van der Waals surface area contributed by atoms with Gasteiger partial charge in [0.1, 0.15) is 21.3 Å². The Bertz CT molecular complexity index is 3770. The van der Waals surface area contributed by atoms with Gasteiger partial charge >= 0.3 is 20.2 Å². The highest BCUT2D eigenvalue weighted by atomic mass is 32.2. The van der Waals surface area contributed by atoms with E-state index in [1.165, 1.54) is 100 Å². The van der Waals surface area contributed by atoms with Crippen LogP contribution >= 0.6 is 12.0 Å². The maximum atomic E-state index is 13.5. The molecule has 0 unspecified atom stereocenters. The lowest BCUT2D eigenvalue weighted by Crippen LogP contribution is -2.19. The largest absolute Gasteiger partial charge is 0.382 e. The fraction of sp³-hybridized carbons (Fsp3) is 0.106. The molecule has 73 heavy (non-hydrogen) atoms. The summed E-state index contributed by atoms with van der Waals surface area (Å²) in [6, 6.07) is 36.5. The minimum absolute atomic E-state index is 0.0126. The molecule has 26 heteroatoms. The number of aromatic nitrogens is 4. The monoisotopic (exact) mass is 1070 g/mol. The Hall–Kier alpha value is -7.82. The Kier molecular flexibility index (Phi) is 14.6. The van der Waals surface area contributed by atoms with Gasteiger partial charge in [-0.1, -0.05) is 67.4 Å². The number of nitrogen functional groups attached to an aromatic ring is 2. The standard InChI is InChI=1S/C47H42N10O12S4/c1-29-43(45(48)56(54-29)35-11-7-13-39(27-35)70-69-68-58)52-50-33-9-5-15-41(25-33)72(62,63)66-37-21-17-31(18-22-37)47(3,4)32-19-23-38(24-20-32)67-73(64,65)42-16-6-10-34(26-42)51-53-44-30(2)55-57(46(44)49)36-12-8-14-40(28-36)71(59,60)61/h5-28,58H,48-49H2,1-4H3,(H,59,60,61). The van der Waals surface area contributed by atoms with Crippen LogP contribution in [-0.2, 0) is 45.1 Å². The summed E-state index contributed by atoms with van der Waals surface area (Å²) in [4.78, 5) is -0.150. The van der Waals surface area contributed by atoms with Gasteiger partial charge in [-0.2, -0.15) is 45.7 Å². The second-order valence-electron chi connectivity index (χ2n) is 16.3. The quantitative estimate of drug-likeness (QED) is 0.0155. The van der Waals surface area contributed by atoms with Crippen LogP contribution in [0, 0.1) is 13.8 Å². The van der Waals surface area contributed by atoms with Crippen LogP contribution < -0.4 is 19.8 Å². The summed E-state index contributed by atoms with van der Waals surface area (Å²) in [6.07, 6.45) is 0. The van der Waals surface area contributed by atoms with Gasteiger partial charge in [-0.05, 0) is 122 Å². The van der Waals surface area contributed by atoms with Gasteiger partial charge in [0, 0.05) is 10.3 Å². The van der Waals surface area contributed by atoms with Crippen molar-refractivity contribution in [2.24, 2.45) is 20.5 Å². The van der Waals surface area contributed by atoms with Crippen molar-refractivity contribution in [3.05, 3.63) is 168 Å². The highest BCUT2D eigenvalue weighted by molar-refractivity contribution is 7.94. The molecule has 0 atom stereocenters. The van der Waals surface area contributed by atoms with Crippen LogP contribution in [-0.4, -0.2) is 54.6 Å². The molecule has 2 heterocycles. The van der Waals surface area contributed by atoms with Gasteiger partial charge < -0.3 is 19.8 Å². The molecule has 0 radical (unpaired) electrons. The van der Waals surface area contributed by atoms with E-state index in [0.717, 1.165) is 23.2 Å². The van der Waals surface area contributed by atoms with Crippen molar-refractivity contribution >= 4 is 76.8 Å². The molecule has 2 aromatic heterocycles. The fourth-order valence-electron chi connectivity index (χ4n) is 7.20. The van der Waals surface area contributed by atoms with Crippen molar-refractivity contribution < 1.29 is 52.8 Å². The van der Waals surface area contributed by atoms with Crippen LogP contribution in [0.15, 0.2) is 186 Å². The summed E-state index contributed by atoms with van der Waals surface area (Å²) in [6.45, 7) is 7.18. The molecule has 22 nitrogen and oxygen atoms in total. The highest BCUT2D eigenvalue weighted by Crippen LogP contribution is 2.37. The van der Waals surface area contributed by atoms with Crippen LogP contribution in [0.25, 0.3) is 11.4 Å². The van der Waals surface area contributed by atoms with E-state index in [4.69, 9.17) is 25.1 Å². The normalized spacial score (nSPS) is 12.5. The molecule has 0 aliphatic rings. The molecule has 0 amide bonds. The highest BCUT2D eigenvalue weighted by Gasteiger charge is 2.26. The first-order valence-electron chi connectivity index (χ1n) is 21.3. The first-order valence-corrected chi connectivity index (χ1v) is 26.3. The molecule has 0 aliphatic carbocycles. The molecule has 8 rings (SSSR count). The topological polar surface area (TPSA) is 317 Å². The van der Waals surface area contributed by atoms with Crippen LogP contribution in [0.4, 0.5) is 34.4 Å². The zero-order chi connectivity index (χ0) is 52.3. The van der Waals surface area contributed by atoms with Crippen LogP contribution in [0.2, 0.25) is 0 Å². The number of aryl methyl sites for hydroxylation is 2. The first kappa shape index (κ1) is 51.5. The third kappa shape index (κ3) is 11.6. The van der Waals surface area contributed by atoms with Crippen molar-refractivity contribution in [2.75, 3.05) is 11.5 Å². The molecule has 6 aromatic carbocycles. The number of hydrogen-bond acceptors (Lipinski definition) is 20. The molecule has 6 N–H and O–H groups in total. The van der Waals surface area contributed by atoms with Gasteiger partial charge in [-0.15, -0.1) is 14.6 Å². The van der Waals surface area contributed by atoms with E-state index in [2.05, 4.69) is 40.0 Å². The fourth-order valence-corrected chi connectivity index (χ4v) is 10.1. The average Bonchev–Trinajstić information content (AvgIpc) is 3.82. The van der Waals surface area contributed by atoms with Crippen molar-refractivity contribution in [2.45, 2.75) is 52.7 Å². The number of nitrogens with two attached hydrogens (primary N) is 2. The molecular formula is C47H42N10O12S4. The Labute approximate surface area is 422 Å². The van der Waals surface area contributed by atoms with E-state index in [0.29, 0.717) is 22.0 Å². The maximum absolute atomic E-state index is 13.5. The average molecular weight is 1070 g/mol. The van der Waals surface area contributed by atoms with Gasteiger partial charge in [0.05, 0.1) is 51.1 Å². The third-order valence-electron chi connectivity index (χ3n) is 11.0. The van der Waals surface area contributed by atoms with Gasteiger partial charge in [-0.3, -0.25) is 4.55 Å². The summed E-state index contributed by atoms with van der Waals surface area (Å²) < 4.78 is 105. The number of hydrogen-bond donors (Lipinski definition) is 4. The Morgan fingerprint density at radius 1 is 0.562 bits per heavy atom. The number of nitrogens with zero attached hydrogens (tertiary/aromatic N) is 8. The lowest BCUT2D eigenvalue weighted by atomic mass is 9.78. The number of benzene rings is 6. The van der Waals surface area contributed by atoms with Gasteiger partial charge in [0.25, 0.3) is 10.1 Å². The smallest absolute Gasteiger partial charge is 0.339 e. The van der Waals surface area contributed by atoms with E-state index in [1.54, 1.807) is 68.4 Å². The second-order valence-corrected chi connectivity index (χ2v) is 21.6. The van der Waals surface area contributed by atoms with E-state index in [9.17, 15) is 29.8 Å². The first-order chi connectivity index (χ1) is 34.6. The van der Waals surface area contributed by atoms with E-state index < -0.39 is 35.8 Å². The van der Waals surface area contributed by atoms with Gasteiger partial charge in [0.15, 0.2) is 23.0 Å². The molecule has 0 saturated carbocycles. The van der Waals surface area contributed by atoms with E-state index in [-0.39, 0.29) is 66.3 Å². The third-order valence-corrected chi connectivity index (χ3v) is 14.9. The molecule has 0 fully saturated rings. The molecular weight excluding hydrogens is 1020 g/mol. The zero-order valence-electron chi connectivity index (χ0n) is 38.7. The summed E-state index contributed by atoms with van der Waals surface area (Å²) >= 11 is 0.771. The van der Waals surface area contributed by atoms with Crippen molar-refractivity contribution in [1.29, 1.82) is 0 Å². The lowest BCUT2D eigenvalue weighted by Gasteiger charge is -2.26. The minimum Gasteiger partial charge on any atom is -0.382 e. The number of azo groups is 2. The Morgan fingerprint density at radius 3 is 1.44 bits per heavy atom. The molecule has 0 saturated heterocycles. The maximum Gasteiger partial charge on any atom is 0.339 e. The van der Waals surface area contributed by atoms with Crippen LogP contribution in [0.1, 0.15) is 36.4 Å². The summed E-state index contributed by atoms with van der Waals surface area (Å²) in [5.74, 6) is 0.271. The second kappa shape index (κ2) is 20.7. The van der Waals surface area contributed by atoms with Crippen molar-refractivity contribution in [3.8, 4) is 22.9 Å². The molecule has 376 valence electrons. The molecule has 0 spiro atoms. The zero-order valence-corrected chi connectivity index (χ0v) is 42.0. The lowest BCUT2D eigenvalue weighted by molar-refractivity contribution is -0.432. The minimum atomic E-state index is -4.49. The summed E-state index contributed by atoms with van der Waals surface area (Å²) in [7, 11) is -13.2. The van der Waals surface area contributed by atoms with E-state index >= 15 is 0 Å². The predicted molar refractivity (Wildman–Crippen MR) is 268 cm³/mol. The summed E-state index contributed by atoms with van der Waals surface area (Å²) in [5, 5.41) is 37.7. The van der Waals surface area contributed by atoms with Crippen molar-refractivity contribution in [1.82, 2.24) is 19.6 Å². The Morgan fingerprint density at radius 2 is 0.986 bits per heavy atom. The molecule has 8 aromatic rings. The van der Waals surface area contributed by atoms with Crippen LogP contribution in [0.3, 0.4) is 0 Å². The number of anilines is 2. The Balaban J connectivity index is 0.903. The van der Waals surface area contributed by atoms with Crippen LogP contribution in [0.5, 0.6) is 11.5 Å². The predicted octanol–water partition coefficient (Wildman–Crippen LogP) is 10.2.